The first-order chi connectivity index (χ1) is 2.00. The molecule has 0 aliphatic carbocycles. The molecule has 2 N–H and O–H groups in total. The zero-order valence-electron chi connectivity index (χ0n) is 2.42. The first-order valence-corrected chi connectivity index (χ1v) is 2.10. The number of rotatable bonds is 0. The maximum atomic E-state index is 8.74. The van der Waals surface area contributed by atoms with Crippen LogP contribution in [0.1, 0.15) is 0 Å². The molecule has 45 valence electrons. The third-order valence-corrected chi connectivity index (χ3v) is 0. The van der Waals surface area contributed by atoms with Crippen molar-refractivity contribution in [2.75, 3.05) is 0 Å². The van der Waals surface area contributed by atoms with Crippen LogP contribution >= 0.6 is 0 Å². The summed E-state index contributed by atoms with van der Waals surface area (Å²) in [4.78, 5) is 0. The van der Waals surface area contributed by atoms with Crippen molar-refractivity contribution >= 4 is 68.6 Å². The molecule has 0 aromatic heterocycles. The summed E-state index contributed by atoms with van der Waals surface area (Å²) in [7, 11) is -4.67. The van der Waals surface area contributed by atoms with Crippen LogP contribution in [0.3, 0.4) is 0 Å². The monoisotopic (exact) mass is 247 g/mol. The van der Waals surface area contributed by atoms with Gasteiger partial charge in [0.1, 0.15) is 0 Å². The van der Waals surface area contributed by atoms with Gasteiger partial charge in [-0.1, -0.05) is 0 Å². The zero-order chi connectivity index (χ0) is 4.50. The Hall–Kier alpha value is 2.19. The second-order valence-electron chi connectivity index (χ2n) is 0.448. The maximum absolute atomic E-state index is 8.74. The van der Waals surface area contributed by atoms with Crippen LogP contribution in [0.15, 0.2) is 0 Å². The molecular weight excluding hydrogens is 245 g/mol. The fourth-order valence-electron chi connectivity index (χ4n) is 0. The van der Waals surface area contributed by atoms with Gasteiger partial charge >= 0.3 is 68.6 Å². The van der Waals surface area contributed by atoms with Crippen LogP contribution in [-0.2, 0) is 27.5 Å². The number of hydrogen-bond acceptors (Lipinski definition) is 2. The molecule has 0 aliphatic heterocycles. The Morgan fingerprint density at radius 2 is 1.14 bits per heavy atom. The first-order valence-electron chi connectivity index (χ1n) is 0.698. The third kappa shape index (κ3) is 65.3. The van der Waals surface area contributed by atoms with E-state index in [1.807, 2.05) is 0 Å². The van der Waals surface area contributed by atoms with Crippen LogP contribution in [0.5, 0.6) is 0 Å². The Morgan fingerprint density at radius 1 is 1.14 bits per heavy atom. The molecule has 0 saturated heterocycles. The minimum absolute atomic E-state index is 0. The summed E-state index contributed by atoms with van der Waals surface area (Å²) in [6.45, 7) is 0. The van der Waals surface area contributed by atoms with Gasteiger partial charge in [0.2, 0.25) is 0 Å². The summed E-state index contributed by atoms with van der Waals surface area (Å²) in [5.41, 5.74) is 0. The molecule has 0 fully saturated rings. The molecular formula is H3CuO4RbS. The van der Waals surface area contributed by atoms with E-state index in [0.29, 0.717) is 0 Å². The van der Waals surface area contributed by atoms with Crippen molar-refractivity contribution < 1.29 is 34.6 Å². The first kappa shape index (κ1) is 16.1. The van der Waals surface area contributed by atoms with E-state index in [4.69, 9.17) is 17.5 Å². The van der Waals surface area contributed by atoms with Crippen LogP contribution < -0.4 is 0 Å². The predicted octanol–water partition coefficient (Wildman–Crippen LogP) is -1.30. The van der Waals surface area contributed by atoms with Crippen molar-refractivity contribution in [3.8, 4) is 0 Å². The van der Waals surface area contributed by atoms with Crippen molar-refractivity contribution in [3.05, 3.63) is 0 Å². The molecule has 0 unspecified atom stereocenters. The quantitative estimate of drug-likeness (QED) is 0.412. The van der Waals surface area contributed by atoms with E-state index in [1.54, 1.807) is 0 Å². The van der Waals surface area contributed by atoms with Crippen molar-refractivity contribution in [2.45, 2.75) is 0 Å². The fraction of sp³-hybridized carbons (Fsp3) is 0. The van der Waals surface area contributed by atoms with Gasteiger partial charge in [-0.15, -0.1) is 0 Å². The summed E-state index contributed by atoms with van der Waals surface area (Å²) in [5, 5.41) is 0. The average Bonchev–Trinajstić information content (AvgIpc) is 0.722. The van der Waals surface area contributed by atoms with E-state index in [0.717, 1.165) is 0 Å². The summed E-state index contributed by atoms with van der Waals surface area (Å²) in [6.07, 6.45) is 0. The normalized spacial score (nSPS) is 8.29. The van der Waals surface area contributed by atoms with E-state index < -0.39 is 10.4 Å². The molecule has 0 aromatic carbocycles. The number of hydrogen-bond donors (Lipinski definition) is 2. The molecule has 0 rings (SSSR count). The van der Waals surface area contributed by atoms with Crippen molar-refractivity contribution in [2.24, 2.45) is 0 Å². The van der Waals surface area contributed by atoms with E-state index in [-0.39, 0.29) is 75.3 Å². The van der Waals surface area contributed by atoms with E-state index in [1.165, 1.54) is 0 Å². The molecule has 0 heterocycles. The van der Waals surface area contributed by atoms with Crippen molar-refractivity contribution in [1.82, 2.24) is 0 Å². The molecule has 0 aliphatic rings. The Morgan fingerprint density at radius 3 is 1.14 bits per heavy atom. The molecule has 0 saturated carbocycles. The van der Waals surface area contributed by atoms with Crippen molar-refractivity contribution in [3.63, 3.8) is 0 Å². The standard InChI is InChI=1S/Cu.H2O4S.Rb.H/c;1-5(2,3)4;;/h;(H2,1,2,3,4);;. The van der Waals surface area contributed by atoms with Crippen LogP contribution in [-0.4, -0.2) is 75.7 Å². The topological polar surface area (TPSA) is 74.6 Å². The van der Waals surface area contributed by atoms with E-state index in [2.05, 4.69) is 0 Å². The van der Waals surface area contributed by atoms with Gasteiger partial charge in [0.25, 0.3) is 0 Å². The molecule has 0 spiro atoms. The second-order valence-corrected chi connectivity index (χ2v) is 1.34. The van der Waals surface area contributed by atoms with Crippen molar-refractivity contribution in [1.29, 1.82) is 0 Å². The van der Waals surface area contributed by atoms with Gasteiger partial charge in [0.05, 0.1) is 0 Å². The fourth-order valence-corrected chi connectivity index (χ4v) is 0. The average molecular weight is 248 g/mol. The molecule has 0 atom stereocenters. The minimum atomic E-state index is -4.67. The van der Waals surface area contributed by atoms with Gasteiger partial charge in [0, 0.05) is 17.1 Å². The Bertz CT molecular complexity index is 94.9. The Labute approximate surface area is 101 Å². The van der Waals surface area contributed by atoms with E-state index >= 15 is 0 Å². The Balaban J connectivity index is -0.0000000800. The van der Waals surface area contributed by atoms with Gasteiger partial charge in [-0.25, -0.2) is 0 Å². The molecule has 1 radical (unpaired) electrons. The third-order valence-electron chi connectivity index (χ3n) is 0. The van der Waals surface area contributed by atoms with E-state index in [9.17, 15) is 0 Å². The molecule has 7 heavy (non-hydrogen) atoms. The van der Waals surface area contributed by atoms with Crippen LogP contribution in [0.4, 0.5) is 0 Å². The molecule has 0 bridgehead atoms. The van der Waals surface area contributed by atoms with Gasteiger partial charge < -0.3 is 0 Å². The SMILES string of the molecule is O=S(=O)(O)O.[Cu].[RbH]. The zero-order valence-corrected chi connectivity index (χ0v) is 4.18. The molecule has 0 amide bonds. The molecule has 0 aromatic rings. The summed E-state index contributed by atoms with van der Waals surface area (Å²) >= 11 is 0. The van der Waals surface area contributed by atoms with Crippen LogP contribution in [0.25, 0.3) is 0 Å². The molecule has 7 heteroatoms. The summed E-state index contributed by atoms with van der Waals surface area (Å²) < 4.78 is 31.6. The Kier molecular flexibility index (Phi) is 14.5. The van der Waals surface area contributed by atoms with Gasteiger partial charge in [0.15, 0.2) is 0 Å². The van der Waals surface area contributed by atoms with Crippen LogP contribution in [0, 0.1) is 0 Å². The second kappa shape index (κ2) is 6.32. The summed E-state index contributed by atoms with van der Waals surface area (Å²) in [5.74, 6) is 0. The van der Waals surface area contributed by atoms with Gasteiger partial charge in [-0.2, -0.15) is 8.42 Å². The predicted molar refractivity (Wildman–Crippen MR) is 21.3 cm³/mol. The van der Waals surface area contributed by atoms with Crippen LogP contribution in [0.2, 0.25) is 0 Å². The van der Waals surface area contributed by atoms with Gasteiger partial charge in [-0.3, -0.25) is 9.11 Å². The van der Waals surface area contributed by atoms with Gasteiger partial charge in [-0.05, 0) is 0 Å². The molecule has 4 nitrogen and oxygen atoms in total. The summed E-state index contributed by atoms with van der Waals surface area (Å²) in [6, 6.07) is 0.